The summed E-state index contributed by atoms with van der Waals surface area (Å²) in [6, 6.07) is 33.7. The Balaban J connectivity index is 1.21. The van der Waals surface area contributed by atoms with Gasteiger partial charge in [0.05, 0.1) is 18.0 Å². The molecule has 2 atom stereocenters. The van der Waals surface area contributed by atoms with E-state index in [0.29, 0.717) is 17.2 Å². The number of rotatable bonds is 5. The number of fused-ring (bicyclic) bond motifs is 1. The molecule has 0 N–H and O–H groups in total. The lowest BCUT2D eigenvalue weighted by molar-refractivity contribution is 0.0681. The Morgan fingerprint density at radius 1 is 0.837 bits per heavy atom. The summed E-state index contributed by atoms with van der Waals surface area (Å²) in [6.45, 7) is 0. The minimum absolute atomic E-state index is 0.123. The van der Waals surface area contributed by atoms with Crippen molar-refractivity contribution in [3.8, 4) is 22.8 Å². The van der Waals surface area contributed by atoms with Crippen LogP contribution in [0.5, 0.6) is 0 Å². The Morgan fingerprint density at radius 2 is 1.53 bits per heavy atom. The highest BCUT2D eigenvalue weighted by Gasteiger charge is 2.44. The smallest absolute Gasteiger partial charge is 0.274 e. The number of halogens is 2. The monoisotopic (exact) mass is 691 g/mol. The van der Waals surface area contributed by atoms with Crippen molar-refractivity contribution in [2.45, 2.75) is 25.3 Å². The van der Waals surface area contributed by atoms with Gasteiger partial charge in [-0.2, -0.15) is 5.10 Å². The predicted molar refractivity (Wildman–Crippen MR) is 177 cm³/mol. The lowest BCUT2D eigenvalue weighted by Crippen LogP contribution is -2.31. The van der Waals surface area contributed by atoms with Gasteiger partial charge in [0.15, 0.2) is 5.76 Å². The van der Waals surface area contributed by atoms with E-state index < -0.39 is 0 Å². The van der Waals surface area contributed by atoms with Gasteiger partial charge in [-0.1, -0.05) is 86.5 Å². The van der Waals surface area contributed by atoms with Gasteiger partial charge in [-0.05, 0) is 90.6 Å². The van der Waals surface area contributed by atoms with Gasteiger partial charge in [0.2, 0.25) is 5.89 Å². The number of carbonyl (C=O) groups is 1. The number of carbonyl (C=O) groups excluding carboxylic acids is 1. The minimum atomic E-state index is -0.177. The first-order valence-electron chi connectivity index (χ1n) is 14.3. The lowest BCUT2D eigenvalue weighted by atomic mass is 9.77. The molecule has 1 fully saturated rings. The SMILES string of the molecule is O=C(c1ccc(-c2ncc(-c3ccccc3)o2)cc1)N1N=C2/C(=C\c3ccc(Br)cc3)CCCC2C1c1ccc(Br)cc1. The van der Waals surface area contributed by atoms with Gasteiger partial charge < -0.3 is 4.42 Å². The lowest BCUT2D eigenvalue weighted by Gasteiger charge is -2.29. The Hall–Kier alpha value is -4.07. The van der Waals surface area contributed by atoms with Crippen molar-refractivity contribution < 1.29 is 9.21 Å². The highest BCUT2D eigenvalue weighted by atomic mass is 79.9. The standard InChI is InChI=1S/C36H27Br2N3O2/c37-29-17-9-23(10-18-29)21-28-7-4-8-31-33(28)40-41(34(31)25-15-19-30(38)20-16-25)36(42)27-13-11-26(12-14-27)35-39-22-32(43-35)24-5-2-1-3-6-24/h1-3,5-6,9-22,31,34H,4,7-8H2/b28-21-. The molecule has 0 saturated heterocycles. The second kappa shape index (κ2) is 11.9. The summed E-state index contributed by atoms with van der Waals surface area (Å²) in [5.74, 6) is 1.22. The first-order valence-corrected chi connectivity index (χ1v) is 15.9. The summed E-state index contributed by atoms with van der Waals surface area (Å²) in [6.07, 6.45) is 6.92. The number of hydrogen-bond acceptors (Lipinski definition) is 4. The van der Waals surface area contributed by atoms with E-state index in [4.69, 9.17) is 9.52 Å². The highest BCUT2D eigenvalue weighted by Crippen LogP contribution is 2.45. The summed E-state index contributed by atoms with van der Waals surface area (Å²) >= 11 is 7.09. The maximum atomic E-state index is 14.1. The fourth-order valence-corrected chi connectivity index (χ4v) is 6.48. The van der Waals surface area contributed by atoms with Crippen molar-refractivity contribution in [2.75, 3.05) is 0 Å². The number of oxazole rings is 1. The quantitative estimate of drug-likeness (QED) is 0.184. The largest absolute Gasteiger partial charge is 0.436 e. The number of aromatic nitrogens is 1. The van der Waals surface area contributed by atoms with Gasteiger partial charge in [0.25, 0.3) is 5.91 Å². The normalized spacial score (nSPS) is 18.9. The van der Waals surface area contributed by atoms with Gasteiger partial charge in [-0.25, -0.2) is 9.99 Å². The average molecular weight is 693 g/mol. The Labute approximate surface area is 267 Å². The van der Waals surface area contributed by atoms with E-state index >= 15 is 0 Å². The van der Waals surface area contributed by atoms with Crippen LogP contribution in [0.3, 0.4) is 0 Å². The van der Waals surface area contributed by atoms with Crippen LogP contribution in [-0.2, 0) is 0 Å². The van der Waals surface area contributed by atoms with Crippen molar-refractivity contribution in [1.82, 2.24) is 9.99 Å². The van der Waals surface area contributed by atoms with E-state index in [0.717, 1.165) is 56.2 Å². The predicted octanol–water partition coefficient (Wildman–Crippen LogP) is 9.97. The van der Waals surface area contributed by atoms with Crippen molar-refractivity contribution in [1.29, 1.82) is 0 Å². The Morgan fingerprint density at radius 3 is 2.26 bits per heavy atom. The number of hydrogen-bond donors (Lipinski definition) is 0. The molecule has 2 unspecified atom stereocenters. The topological polar surface area (TPSA) is 58.7 Å². The molecule has 5 aromatic rings. The van der Waals surface area contributed by atoms with Crippen molar-refractivity contribution >= 4 is 49.6 Å². The van der Waals surface area contributed by atoms with Gasteiger partial charge >= 0.3 is 0 Å². The van der Waals surface area contributed by atoms with Gasteiger partial charge in [-0.15, -0.1) is 0 Å². The molecule has 0 bridgehead atoms. The molecule has 7 rings (SSSR count). The second-order valence-electron chi connectivity index (χ2n) is 10.8. The van der Waals surface area contributed by atoms with Gasteiger partial charge in [0, 0.05) is 31.6 Å². The first kappa shape index (κ1) is 27.7. The molecule has 212 valence electrons. The van der Waals surface area contributed by atoms with Crippen LogP contribution in [0.15, 0.2) is 133 Å². The molecule has 1 saturated carbocycles. The third-order valence-corrected chi connectivity index (χ3v) is 9.13. The van der Waals surface area contributed by atoms with Crippen LogP contribution in [0.2, 0.25) is 0 Å². The summed E-state index contributed by atoms with van der Waals surface area (Å²) in [7, 11) is 0. The zero-order valence-electron chi connectivity index (χ0n) is 23.2. The Kier molecular flexibility index (Phi) is 7.68. The van der Waals surface area contributed by atoms with Crippen LogP contribution >= 0.6 is 31.9 Å². The molecular formula is C36H27Br2N3O2. The van der Waals surface area contributed by atoms with Gasteiger partial charge in [0.1, 0.15) is 0 Å². The van der Waals surface area contributed by atoms with E-state index in [1.54, 1.807) is 11.2 Å². The van der Waals surface area contributed by atoms with Crippen LogP contribution < -0.4 is 0 Å². The molecule has 4 aromatic carbocycles. The molecule has 1 amide bonds. The van der Waals surface area contributed by atoms with Crippen LogP contribution in [0.4, 0.5) is 0 Å². The van der Waals surface area contributed by atoms with Crippen LogP contribution in [-0.4, -0.2) is 21.6 Å². The van der Waals surface area contributed by atoms with E-state index in [9.17, 15) is 4.79 Å². The molecular weight excluding hydrogens is 666 g/mol. The number of benzene rings is 4. The maximum Gasteiger partial charge on any atom is 0.274 e. The van der Waals surface area contributed by atoms with Crippen molar-refractivity contribution in [2.24, 2.45) is 11.0 Å². The molecule has 2 heterocycles. The summed E-state index contributed by atoms with van der Waals surface area (Å²) in [5, 5.41) is 6.77. The van der Waals surface area contributed by atoms with Crippen molar-refractivity contribution in [3.05, 3.63) is 141 Å². The fourth-order valence-electron chi connectivity index (χ4n) is 5.95. The third-order valence-electron chi connectivity index (χ3n) is 8.07. The summed E-state index contributed by atoms with van der Waals surface area (Å²) in [5.41, 5.74) is 6.77. The fraction of sp³-hybridized carbons (Fsp3) is 0.139. The van der Waals surface area contributed by atoms with Gasteiger partial charge in [-0.3, -0.25) is 4.79 Å². The molecule has 5 nitrogen and oxygen atoms in total. The molecule has 2 aliphatic rings. The molecule has 0 radical (unpaired) electrons. The zero-order chi connectivity index (χ0) is 29.3. The highest BCUT2D eigenvalue weighted by molar-refractivity contribution is 9.10. The number of nitrogens with zero attached hydrogens (tertiary/aromatic N) is 3. The molecule has 1 aliphatic heterocycles. The van der Waals surface area contributed by atoms with E-state index in [2.05, 4.69) is 67.2 Å². The molecule has 0 spiro atoms. The van der Waals surface area contributed by atoms with Crippen LogP contribution in [0.1, 0.15) is 46.8 Å². The molecule has 43 heavy (non-hydrogen) atoms. The zero-order valence-corrected chi connectivity index (χ0v) is 26.3. The van der Waals surface area contributed by atoms with Crippen LogP contribution in [0, 0.1) is 5.92 Å². The average Bonchev–Trinajstić information content (AvgIpc) is 3.69. The van der Waals surface area contributed by atoms with Crippen molar-refractivity contribution in [3.63, 3.8) is 0 Å². The van der Waals surface area contributed by atoms with E-state index in [1.165, 1.54) is 5.57 Å². The first-order chi connectivity index (χ1) is 21.0. The molecule has 1 aliphatic carbocycles. The third kappa shape index (κ3) is 5.67. The molecule has 1 aromatic heterocycles. The Bertz CT molecular complexity index is 1830. The maximum absolute atomic E-state index is 14.1. The second-order valence-corrected chi connectivity index (χ2v) is 12.7. The summed E-state index contributed by atoms with van der Waals surface area (Å²) in [4.78, 5) is 18.6. The number of hydrazone groups is 1. The van der Waals surface area contributed by atoms with E-state index in [1.807, 2.05) is 78.9 Å². The number of allylic oxidation sites excluding steroid dienone is 1. The number of amides is 1. The van der Waals surface area contributed by atoms with E-state index in [-0.39, 0.29) is 17.9 Å². The van der Waals surface area contributed by atoms with Crippen LogP contribution in [0.25, 0.3) is 28.9 Å². The molecule has 7 heteroatoms. The minimum Gasteiger partial charge on any atom is -0.436 e. The summed E-state index contributed by atoms with van der Waals surface area (Å²) < 4.78 is 8.08.